The van der Waals surface area contributed by atoms with Crippen LogP contribution in [0.15, 0.2) is 78.9 Å². The van der Waals surface area contributed by atoms with Crippen LogP contribution in [-0.4, -0.2) is 9.13 Å². The zero-order valence-electron chi connectivity index (χ0n) is 33.5. The van der Waals surface area contributed by atoms with E-state index in [1.54, 1.807) is 11.1 Å². The number of aromatic nitrogens is 3. The van der Waals surface area contributed by atoms with Gasteiger partial charge in [0.05, 0.1) is 16.5 Å². The molecule has 276 valence electrons. The van der Waals surface area contributed by atoms with E-state index >= 15 is 0 Å². The highest BCUT2D eigenvalue weighted by molar-refractivity contribution is 6.14. The maximum atomic E-state index is 2.81. The highest BCUT2D eigenvalue weighted by Gasteiger charge is 2.56. The molecular weight excluding hydrogens is 643 g/mol. The fourth-order valence-corrected chi connectivity index (χ4v) is 11.9. The van der Waals surface area contributed by atoms with Crippen LogP contribution >= 0.6 is 0 Å². The number of para-hydroxylation sites is 3. The molecule has 0 N–H and O–H groups in total. The van der Waals surface area contributed by atoms with Gasteiger partial charge in [-0.1, -0.05) is 115 Å². The Labute approximate surface area is 318 Å². The molecule has 3 heteroatoms. The molecule has 2 aromatic heterocycles. The summed E-state index contributed by atoms with van der Waals surface area (Å²) in [6.45, 7) is 12.3. The molecule has 2 unspecified atom stereocenters. The zero-order valence-corrected chi connectivity index (χ0v) is 33.5. The largest absolute Gasteiger partial charge is 0.343 e. The second-order valence-corrected chi connectivity index (χ2v) is 17.7. The first kappa shape index (κ1) is 34.9. The average Bonchev–Trinajstić information content (AvgIpc) is 3.72. The van der Waals surface area contributed by atoms with Crippen molar-refractivity contribution < 1.29 is 4.57 Å². The van der Waals surface area contributed by atoms with Crippen molar-refractivity contribution in [2.75, 3.05) is 0 Å². The molecule has 6 aromatic rings. The molecule has 0 bridgehead atoms. The van der Waals surface area contributed by atoms with E-state index in [0.29, 0.717) is 11.8 Å². The van der Waals surface area contributed by atoms with Crippen LogP contribution in [0, 0.1) is 5.92 Å². The summed E-state index contributed by atoms with van der Waals surface area (Å²) < 4.78 is 8.18. The molecule has 2 aliphatic carbocycles. The van der Waals surface area contributed by atoms with Gasteiger partial charge in [0.1, 0.15) is 11.2 Å². The number of unbranched alkanes of at least 4 members (excludes halogenated alkanes) is 1. The predicted molar refractivity (Wildman–Crippen MR) is 225 cm³/mol. The second-order valence-electron chi connectivity index (χ2n) is 17.7. The smallest absolute Gasteiger partial charge is 0.295 e. The van der Waals surface area contributed by atoms with Crippen LogP contribution in [0.3, 0.4) is 0 Å². The second kappa shape index (κ2) is 13.5. The third-order valence-corrected chi connectivity index (χ3v) is 15.4. The highest BCUT2D eigenvalue weighted by Crippen LogP contribution is 2.54. The molecule has 53 heavy (non-hydrogen) atoms. The number of rotatable bonds is 8. The number of aryl methyl sites for hydroxylation is 1. The third kappa shape index (κ3) is 5.08. The van der Waals surface area contributed by atoms with Crippen molar-refractivity contribution >= 4 is 32.8 Å². The van der Waals surface area contributed by atoms with E-state index in [4.69, 9.17) is 0 Å². The van der Waals surface area contributed by atoms with E-state index in [2.05, 4.69) is 134 Å². The minimum Gasteiger partial charge on any atom is -0.343 e. The number of benzene rings is 4. The molecule has 0 radical (unpaired) electrons. The minimum absolute atomic E-state index is 0.00818. The minimum atomic E-state index is -0.102. The van der Waals surface area contributed by atoms with Gasteiger partial charge in [0, 0.05) is 28.9 Å². The SMILES string of the molecule is CCCCC1CCC(c2cc(C3CCCCC3)c(-n3c4[n+](c5ccccc53)C(C)(CC)C(C)(CC)c3ccccc3-4)c3c4ccccc4n(C)c23)CC1. The summed E-state index contributed by atoms with van der Waals surface area (Å²) in [5, 5.41) is 2.89. The molecule has 1 aliphatic heterocycles. The standard InChI is InChI=1S/C50H62N3/c1-7-10-20-34-29-31-36(32-30-34)39-33-40(35-21-12-11-13-22-35)47(45-38-24-15-17-26-42(38)51(6)46(39)45)52-43-27-18-19-28-44(43)53-48(52)37-23-14-16-25-41(37)49(4,8-2)50(53,5)9-3/h14-19,23-28,33-36H,7-13,20-22,29-32H2,1-6H3/q+1. The number of nitrogens with zero attached hydrogens (tertiary/aromatic N) is 3. The maximum absolute atomic E-state index is 2.81. The van der Waals surface area contributed by atoms with E-state index in [1.165, 1.54) is 133 Å². The van der Waals surface area contributed by atoms with E-state index in [-0.39, 0.29) is 11.0 Å². The lowest BCUT2D eigenvalue weighted by Crippen LogP contribution is -2.67. The lowest BCUT2D eigenvalue weighted by atomic mass is 9.61. The van der Waals surface area contributed by atoms with Crippen LogP contribution in [0.2, 0.25) is 0 Å². The first-order valence-electron chi connectivity index (χ1n) is 21.6. The quantitative estimate of drug-likeness (QED) is 0.140. The topological polar surface area (TPSA) is 13.7 Å². The van der Waals surface area contributed by atoms with Crippen molar-refractivity contribution in [3.05, 3.63) is 95.6 Å². The van der Waals surface area contributed by atoms with Crippen molar-refractivity contribution in [1.29, 1.82) is 0 Å². The Bertz CT molecular complexity index is 2300. The van der Waals surface area contributed by atoms with Crippen LogP contribution in [0.25, 0.3) is 49.9 Å². The Morgan fingerprint density at radius 2 is 1.40 bits per heavy atom. The lowest BCUT2D eigenvalue weighted by molar-refractivity contribution is -0.743. The van der Waals surface area contributed by atoms with Gasteiger partial charge in [0.25, 0.3) is 5.82 Å². The van der Waals surface area contributed by atoms with Crippen molar-refractivity contribution in [1.82, 2.24) is 9.13 Å². The fraction of sp³-hybridized carbons (Fsp3) is 0.500. The van der Waals surface area contributed by atoms with Gasteiger partial charge in [-0.3, -0.25) is 0 Å². The molecule has 3 heterocycles. The average molecular weight is 705 g/mol. The molecule has 3 nitrogen and oxygen atoms in total. The van der Waals surface area contributed by atoms with E-state index in [9.17, 15) is 0 Å². The number of imidazole rings is 1. The number of hydrogen-bond donors (Lipinski definition) is 0. The fourth-order valence-electron chi connectivity index (χ4n) is 11.9. The molecule has 4 aromatic carbocycles. The van der Waals surface area contributed by atoms with Crippen molar-refractivity contribution in [2.45, 2.75) is 147 Å². The van der Waals surface area contributed by atoms with Crippen LogP contribution < -0.4 is 4.57 Å². The first-order chi connectivity index (χ1) is 25.9. The summed E-state index contributed by atoms with van der Waals surface area (Å²) in [6.07, 6.45) is 18.3. The van der Waals surface area contributed by atoms with Gasteiger partial charge in [-0.2, -0.15) is 4.57 Å². The summed E-state index contributed by atoms with van der Waals surface area (Å²) in [7, 11) is 2.36. The van der Waals surface area contributed by atoms with Crippen LogP contribution in [0.1, 0.15) is 153 Å². The molecule has 2 fully saturated rings. The van der Waals surface area contributed by atoms with Gasteiger partial charge in [0.15, 0.2) is 11.0 Å². The van der Waals surface area contributed by atoms with Crippen molar-refractivity contribution in [2.24, 2.45) is 13.0 Å². The molecule has 3 aliphatic rings. The Morgan fingerprint density at radius 3 is 2.13 bits per heavy atom. The van der Waals surface area contributed by atoms with Gasteiger partial charge in [0.2, 0.25) is 0 Å². The summed E-state index contributed by atoms with van der Waals surface area (Å²) in [5.74, 6) is 3.46. The normalized spacial score (nSPS) is 24.9. The maximum Gasteiger partial charge on any atom is 0.295 e. The van der Waals surface area contributed by atoms with E-state index in [0.717, 1.165) is 18.8 Å². The molecule has 0 amide bonds. The summed E-state index contributed by atoms with van der Waals surface area (Å²) in [6, 6.07) is 31.0. The molecule has 0 saturated heterocycles. The number of hydrogen-bond acceptors (Lipinski definition) is 0. The first-order valence-corrected chi connectivity index (χ1v) is 21.6. The van der Waals surface area contributed by atoms with Gasteiger partial charge in [-0.05, 0) is 118 Å². The number of fused-ring (bicyclic) bond motifs is 8. The third-order valence-electron chi connectivity index (χ3n) is 15.4. The van der Waals surface area contributed by atoms with Crippen LogP contribution in [0.5, 0.6) is 0 Å². The predicted octanol–water partition coefficient (Wildman–Crippen LogP) is 13.5. The van der Waals surface area contributed by atoms with Crippen molar-refractivity contribution in [3.8, 4) is 17.1 Å². The molecule has 2 atom stereocenters. The molecule has 2 saturated carbocycles. The summed E-state index contributed by atoms with van der Waals surface area (Å²) in [5.41, 5.74) is 13.0. The molecule has 9 rings (SSSR count). The van der Waals surface area contributed by atoms with E-state index in [1.807, 2.05) is 0 Å². The van der Waals surface area contributed by atoms with Gasteiger partial charge in [-0.15, -0.1) is 0 Å². The van der Waals surface area contributed by atoms with Crippen LogP contribution in [-0.2, 0) is 18.0 Å². The highest BCUT2D eigenvalue weighted by atomic mass is 15.2. The summed E-state index contributed by atoms with van der Waals surface area (Å²) in [4.78, 5) is 0. The Kier molecular flexibility index (Phi) is 8.87. The van der Waals surface area contributed by atoms with Crippen LogP contribution in [0.4, 0.5) is 0 Å². The molecular formula is C50H62N3+. The summed E-state index contributed by atoms with van der Waals surface area (Å²) >= 11 is 0. The van der Waals surface area contributed by atoms with Gasteiger partial charge in [-0.25, -0.2) is 4.57 Å². The zero-order chi connectivity index (χ0) is 36.5. The van der Waals surface area contributed by atoms with E-state index < -0.39 is 0 Å². The molecule has 0 spiro atoms. The van der Waals surface area contributed by atoms with Gasteiger partial charge >= 0.3 is 0 Å². The van der Waals surface area contributed by atoms with Crippen molar-refractivity contribution in [3.63, 3.8) is 0 Å². The monoisotopic (exact) mass is 704 g/mol. The Balaban J connectivity index is 1.42. The Morgan fingerprint density at radius 1 is 0.717 bits per heavy atom. The lowest BCUT2D eigenvalue weighted by Gasteiger charge is -2.47. The van der Waals surface area contributed by atoms with Gasteiger partial charge < -0.3 is 4.57 Å². The Hall–Kier alpha value is -3.85.